The van der Waals surface area contributed by atoms with Crippen molar-refractivity contribution in [2.24, 2.45) is 0 Å². The maximum atomic E-state index is 6.49. The van der Waals surface area contributed by atoms with Crippen molar-refractivity contribution < 1.29 is 13.3 Å². The fourth-order valence-corrected chi connectivity index (χ4v) is 20.3. The van der Waals surface area contributed by atoms with Crippen LogP contribution in [-0.2, 0) is 0 Å². The predicted molar refractivity (Wildman–Crippen MR) is 548 cm³/mol. The Hall–Kier alpha value is -17.8. The lowest BCUT2D eigenvalue weighted by Crippen LogP contribution is -1.97. The monoisotopic (exact) mass is 1680 g/mol. The predicted octanol–water partition coefficient (Wildman–Crippen LogP) is 33.4. The van der Waals surface area contributed by atoms with Crippen LogP contribution in [0.25, 0.3) is 259 Å². The quantitative estimate of drug-likeness (QED) is 0.135. The second-order valence-corrected chi connectivity index (χ2v) is 34.0. The van der Waals surface area contributed by atoms with E-state index in [1.54, 1.807) is 0 Å². The molecule has 0 aliphatic rings. The topological polar surface area (TPSA) is 92.9 Å². The smallest absolute Gasteiger partial charge is 0.161 e. The molecule has 0 aliphatic carbocycles. The Labute approximate surface area is 757 Å². The number of hydrogen-bond acceptors (Lipinski definition) is 6. The van der Waals surface area contributed by atoms with Crippen LogP contribution < -0.4 is 0 Å². The SMILES string of the molecule is c1ccc(-c2cc(-c3ccccc3)cc(-n3c4ccc(-c5ccccc5)cc4c4cnc5c(ccc6c7ccccc7oc65)c43)c2)cc1.c1ccc(-c2cc(-c3ccccc3)cc(-n3c4ccccc4c4cnc5c(ccc6c7ccccc7oc65)c43)c2)cc1.c1ccc(-c2cc(-c3ccccc3)cc(-n3c4ccccc4c4cnc5c(ccc6c7ccccc7oc65)c43)c2)cc1. The molecule has 9 heterocycles. The van der Waals surface area contributed by atoms with Gasteiger partial charge in [-0.3, -0.25) is 15.0 Å². The normalized spacial score (nSPS) is 11.8. The minimum atomic E-state index is 0.820. The average molecular weight is 1690 g/mol. The summed E-state index contributed by atoms with van der Waals surface area (Å²) in [6, 6.07) is 157. The van der Waals surface area contributed by atoms with Crippen molar-refractivity contribution in [2.75, 3.05) is 0 Å². The molecule has 132 heavy (non-hydrogen) atoms. The Balaban J connectivity index is 0.000000104. The first-order chi connectivity index (χ1) is 65.5. The van der Waals surface area contributed by atoms with Gasteiger partial charge in [0.25, 0.3) is 0 Å². The number of furan rings is 3. The van der Waals surface area contributed by atoms with Crippen LogP contribution >= 0.6 is 0 Å². The summed E-state index contributed by atoms with van der Waals surface area (Å²) >= 11 is 0. The fraction of sp³-hybridized carbons (Fsp3) is 0. The van der Waals surface area contributed by atoms with E-state index in [0.29, 0.717) is 0 Å². The number of rotatable bonds is 10. The van der Waals surface area contributed by atoms with Crippen molar-refractivity contribution in [3.8, 4) is 95.0 Å². The van der Waals surface area contributed by atoms with E-state index in [0.717, 1.165) is 170 Å². The van der Waals surface area contributed by atoms with E-state index in [-0.39, 0.29) is 0 Å². The molecule has 0 fully saturated rings. The third-order valence-corrected chi connectivity index (χ3v) is 26.4. The van der Waals surface area contributed by atoms with E-state index in [2.05, 4.69) is 420 Å². The van der Waals surface area contributed by atoms with Crippen molar-refractivity contribution >= 4 is 164 Å². The molecule has 0 bridgehead atoms. The first-order valence-corrected chi connectivity index (χ1v) is 44.7. The van der Waals surface area contributed by atoms with E-state index in [9.17, 15) is 0 Å². The molecule has 9 nitrogen and oxygen atoms in total. The lowest BCUT2D eigenvalue weighted by Gasteiger charge is -2.15. The van der Waals surface area contributed by atoms with Crippen LogP contribution in [0.5, 0.6) is 0 Å². The first kappa shape index (κ1) is 75.5. The zero-order chi connectivity index (χ0) is 86.9. The van der Waals surface area contributed by atoms with Gasteiger partial charge in [-0.25, -0.2) is 0 Å². The number of fused-ring (bicyclic) bond motifs is 27. The van der Waals surface area contributed by atoms with Crippen molar-refractivity contribution in [3.63, 3.8) is 0 Å². The Morgan fingerprint density at radius 1 is 0.152 bits per heavy atom. The zero-order valence-electron chi connectivity index (χ0n) is 71.3. The van der Waals surface area contributed by atoms with Crippen LogP contribution in [0.15, 0.2) is 475 Å². The van der Waals surface area contributed by atoms with Gasteiger partial charge >= 0.3 is 0 Å². The summed E-state index contributed by atoms with van der Waals surface area (Å²) in [6.45, 7) is 0. The fourth-order valence-electron chi connectivity index (χ4n) is 20.3. The molecule has 0 unspecified atom stereocenters. The van der Waals surface area contributed by atoms with Gasteiger partial charge in [-0.15, -0.1) is 0 Å². The molecule has 0 saturated carbocycles. The Morgan fingerprint density at radius 3 is 0.682 bits per heavy atom. The van der Waals surface area contributed by atoms with Gasteiger partial charge in [-0.2, -0.15) is 0 Å². The molecule has 0 amide bonds. The summed E-state index contributed by atoms with van der Waals surface area (Å²) in [5, 5.41) is 16.7. The maximum absolute atomic E-state index is 6.49. The highest BCUT2D eigenvalue weighted by atomic mass is 16.3. The minimum Gasteiger partial charge on any atom is -0.454 e. The van der Waals surface area contributed by atoms with Crippen LogP contribution in [-0.4, -0.2) is 28.7 Å². The number of pyridine rings is 3. The molecule has 0 atom stereocenters. The van der Waals surface area contributed by atoms with Crippen molar-refractivity contribution in [1.82, 2.24) is 28.7 Å². The molecule has 9 aromatic heterocycles. The lowest BCUT2D eigenvalue weighted by atomic mass is 9.98. The molecule has 19 aromatic carbocycles. The van der Waals surface area contributed by atoms with E-state index in [4.69, 9.17) is 28.2 Å². The van der Waals surface area contributed by atoms with Gasteiger partial charge in [0.05, 0.1) is 33.1 Å². The highest BCUT2D eigenvalue weighted by Crippen LogP contribution is 2.48. The Bertz CT molecular complexity index is 8920. The molecule has 0 aliphatic heterocycles. The summed E-state index contributed by atoms with van der Waals surface area (Å²) in [4.78, 5) is 15.1. The van der Waals surface area contributed by atoms with Gasteiger partial charge in [0.15, 0.2) is 16.7 Å². The van der Waals surface area contributed by atoms with Gasteiger partial charge in [-0.1, -0.05) is 309 Å². The maximum Gasteiger partial charge on any atom is 0.161 e. The molecule has 28 aromatic rings. The first-order valence-electron chi connectivity index (χ1n) is 44.7. The van der Waals surface area contributed by atoms with Gasteiger partial charge in [-0.05, 0) is 211 Å². The third kappa shape index (κ3) is 12.6. The number of benzene rings is 19. The van der Waals surface area contributed by atoms with Crippen molar-refractivity contribution in [3.05, 3.63) is 461 Å². The van der Waals surface area contributed by atoms with Crippen LogP contribution in [0.2, 0.25) is 0 Å². The number of nitrogens with zero attached hydrogens (tertiary/aromatic N) is 6. The molecule has 28 rings (SSSR count). The number of hydrogen-bond donors (Lipinski definition) is 0. The standard InChI is InChI=1S/C45H28N2O.2C39H24N2O/c1-4-12-29(13-5-1)32-20-23-41-39(27-32)40-28-46-43-38(22-21-37-36-18-10-11-19-42(36)48-45(37)43)44(40)47(41)35-25-33(30-14-6-2-7-15-30)24-34(26-35)31-16-8-3-9-17-31;2*1-3-11-25(12-4-1)27-21-28(26-13-5-2-6-14-26)23-29(22-27)41-35-17-9-7-15-30(35)34-24-40-37-33(38(34)41)20-19-32-31-16-8-10-18-36(31)42-39(32)37/h1-28H;2*1-24H. The van der Waals surface area contributed by atoms with Crippen LogP contribution in [0.4, 0.5) is 0 Å². The minimum absolute atomic E-state index is 0.820. The zero-order valence-corrected chi connectivity index (χ0v) is 71.3. The molecule has 9 heteroatoms. The number of aromatic nitrogens is 6. The van der Waals surface area contributed by atoms with Crippen LogP contribution in [0, 0.1) is 0 Å². The third-order valence-electron chi connectivity index (χ3n) is 26.4. The van der Waals surface area contributed by atoms with E-state index in [1.807, 2.05) is 55.0 Å². The lowest BCUT2D eigenvalue weighted by molar-refractivity contribution is 0.671. The second kappa shape index (κ2) is 31.1. The summed E-state index contributed by atoms with van der Waals surface area (Å²) < 4.78 is 26.6. The highest BCUT2D eigenvalue weighted by molar-refractivity contribution is 6.27. The molecule has 0 radical (unpaired) electrons. The van der Waals surface area contributed by atoms with Crippen LogP contribution in [0.1, 0.15) is 0 Å². The number of para-hydroxylation sites is 5. The molecule has 616 valence electrons. The van der Waals surface area contributed by atoms with E-state index < -0.39 is 0 Å². The highest BCUT2D eigenvalue weighted by Gasteiger charge is 2.26. The summed E-state index contributed by atoms with van der Waals surface area (Å²) in [7, 11) is 0. The summed E-state index contributed by atoms with van der Waals surface area (Å²) in [5.74, 6) is 0. The van der Waals surface area contributed by atoms with Gasteiger partial charge < -0.3 is 27.0 Å². The van der Waals surface area contributed by atoms with E-state index in [1.165, 1.54) is 88.7 Å². The Kier molecular flexibility index (Phi) is 17.8. The molecular formula is C123H76N6O3. The molecule has 0 N–H and O–H groups in total. The summed E-state index contributed by atoms with van der Waals surface area (Å²) in [6.07, 6.45) is 6.07. The van der Waals surface area contributed by atoms with Gasteiger partial charge in [0.2, 0.25) is 0 Å². The van der Waals surface area contributed by atoms with Crippen LogP contribution in [0.3, 0.4) is 0 Å². The molecule has 0 saturated heterocycles. The average Bonchev–Trinajstić information content (AvgIpc) is 1.56. The molecule has 0 spiro atoms. The molecular weight excluding hydrogens is 1610 g/mol. The van der Waals surface area contributed by atoms with Crippen molar-refractivity contribution in [2.45, 2.75) is 0 Å². The Morgan fingerprint density at radius 2 is 0.386 bits per heavy atom. The summed E-state index contributed by atoms with van der Waals surface area (Å²) in [5.41, 5.74) is 34.4. The second-order valence-electron chi connectivity index (χ2n) is 34.0. The van der Waals surface area contributed by atoms with Crippen molar-refractivity contribution in [1.29, 1.82) is 0 Å². The largest absolute Gasteiger partial charge is 0.454 e. The van der Waals surface area contributed by atoms with Gasteiger partial charge in [0, 0.05) is 116 Å². The van der Waals surface area contributed by atoms with Gasteiger partial charge in [0.1, 0.15) is 33.3 Å². The van der Waals surface area contributed by atoms with E-state index >= 15 is 0 Å².